The molecule has 1 heterocycles. The number of nitrogens with zero attached hydrogens (tertiary/aromatic N) is 4. The van der Waals surface area contributed by atoms with Gasteiger partial charge in [0.15, 0.2) is 0 Å². The number of carbonyl (C=O) groups excluding carboxylic acids is 1. The normalized spacial score (nSPS) is 10.3. The molecule has 0 saturated carbocycles. The summed E-state index contributed by atoms with van der Waals surface area (Å²) in [6.45, 7) is 0. The quantitative estimate of drug-likeness (QED) is 0.795. The first-order valence-corrected chi connectivity index (χ1v) is 7.03. The lowest BCUT2D eigenvalue weighted by molar-refractivity contribution is 0.102. The lowest BCUT2D eigenvalue weighted by Crippen LogP contribution is -2.12. The van der Waals surface area contributed by atoms with Gasteiger partial charge in [0, 0.05) is 16.3 Å². The van der Waals surface area contributed by atoms with Gasteiger partial charge >= 0.3 is 0 Å². The van der Waals surface area contributed by atoms with Gasteiger partial charge in [-0.15, -0.1) is 5.10 Å². The maximum absolute atomic E-state index is 12.3. The molecule has 0 radical (unpaired) electrons. The van der Waals surface area contributed by atoms with Crippen molar-refractivity contribution in [1.29, 1.82) is 0 Å². The summed E-state index contributed by atoms with van der Waals surface area (Å²) < 4.78 is 6.77. The van der Waals surface area contributed by atoms with Crippen LogP contribution in [0.3, 0.4) is 0 Å². The Morgan fingerprint density at radius 2 is 2.00 bits per heavy atom. The zero-order valence-electron chi connectivity index (χ0n) is 12.1. The molecule has 1 N–H and O–H groups in total. The summed E-state index contributed by atoms with van der Waals surface area (Å²) in [5.41, 5.74) is 1.75. The third kappa shape index (κ3) is 3.29. The SMILES string of the molecule is COc1cc(C(=O)Nc2ccc(Cl)cc2)ccc1-n1cnnn1. The summed E-state index contributed by atoms with van der Waals surface area (Å²) in [7, 11) is 1.52. The number of tetrazole rings is 1. The number of ether oxygens (including phenoxy) is 1. The highest BCUT2D eigenvalue weighted by Gasteiger charge is 2.12. The van der Waals surface area contributed by atoms with Crippen LogP contribution in [0.4, 0.5) is 5.69 Å². The monoisotopic (exact) mass is 329 g/mol. The first-order valence-electron chi connectivity index (χ1n) is 6.65. The van der Waals surface area contributed by atoms with Crippen LogP contribution < -0.4 is 10.1 Å². The summed E-state index contributed by atoms with van der Waals surface area (Å²) in [4.78, 5) is 12.3. The Kier molecular flexibility index (Phi) is 4.20. The summed E-state index contributed by atoms with van der Waals surface area (Å²) >= 11 is 5.82. The van der Waals surface area contributed by atoms with Crippen LogP contribution in [0.25, 0.3) is 5.69 Å². The van der Waals surface area contributed by atoms with E-state index in [1.165, 1.54) is 18.1 Å². The smallest absolute Gasteiger partial charge is 0.255 e. The number of benzene rings is 2. The molecule has 23 heavy (non-hydrogen) atoms. The van der Waals surface area contributed by atoms with Gasteiger partial charge in [-0.25, -0.2) is 0 Å². The van der Waals surface area contributed by atoms with Crippen molar-refractivity contribution in [3.63, 3.8) is 0 Å². The zero-order chi connectivity index (χ0) is 16.2. The minimum absolute atomic E-state index is 0.256. The van der Waals surface area contributed by atoms with Gasteiger partial charge in [0.2, 0.25) is 0 Å². The maximum atomic E-state index is 12.3. The van der Waals surface area contributed by atoms with E-state index < -0.39 is 0 Å². The molecule has 0 fully saturated rings. The molecule has 2 aromatic carbocycles. The number of halogens is 1. The molecule has 0 bridgehead atoms. The van der Waals surface area contributed by atoms with Crippen molar-refractivity contribution < 1.29 is 9.53 Å². The molecular weight excluding hydrogens is 318 g/mol. The Bertz CT molecular complexity index is 818. The minimum Gasteiger partial charge on any atom is -0.494 e. The molecule has 0 saturated heterocycles. The molecular formula is C15H12ClN5O2. The van der Waals surface area contributed by atoms with Crippen LogP contribution in [0.1, 0.15) is 10.4 Å². The lowest BCUT2D eigenvalue weighted by atomic mass is 10.1. The van der Waals surface area contributed by atoms with E-state index in [2.05, 4.69) is 20.8 Å². The number of hydrogen-bond acceptors (Lipinski definition) is 5. The van der Waals surface area contributed by atoms with Crippen molar-refractivity contribution in [2.45, 2.75) is 0 Å². The van der Waals surface area contributed by atoms with Gasteiger partial charge in [-0.3, -0.25) is 4.79 Å². The molecule has 116 valence electrons. The third-order valence-electron chi connectivity index (χ3n) is 3.14. The Morgan fingerprint density at radius 3 is 2.65 bits per heavy atom. The van der Waals surface area contributed by atoms with Crippen molar-refractivity contribution >= 4 is 23.2 Å². The molecule has 0 aliphatic carbocycles. The van der Waals surface area contributed by atoms with Crippen molar-refractivity contribution in [2.24, 2.45) is 0 Å². The second-order valence-corrected chi connectivity index (χ2v) is 5.04. The van der Waals surface area contributed by atoms with E-state index in [0.29, 0.717) is 27.7 Å². The fraction of sp³-hybridized carbons (Fsp3) is 0.0667. The lowest BCUT2D eigenvalue weighted by Gasteiger charge is -2.10. The predicted molar refractivity (Wildman–Crippen MR) is 85.1 cm³/mol. The van der Waals surface area contributed by atoms with E-state index in [1.54, 1.807) is 42.5 Å². The number of carbonyl (C=O) groups is 1. The largest absolute Gasteiger partial charge is 0.494 e. The standard InChI is InChI=1S/C15H12ClN5O2/c1-23-14-8-10(2-7-13(14)21-9-17-19-20-21)15(22)18-12-5-3-11(16)4-6-12/h2-9H,1H3,(H,18,22). The summed E-state index contributed by atoms with van der Waals surface area (Å²) in [6.07, 6.45) is 1.45. The second-order valence-electron chi connectivity index (χ2n) is 4.60. The fourth-order valence-electron chi connectivity index (χ4n) is 2.02. The molecule has 3 rings (SSSR count). The molecule has 8 heteroatoms. The minimum atomic E-state index is -0.256. The molecule has 0 atom stereocenters. The molecule has 0 aliphatic rings. The Morgan fingerprint density at radius 1 is 1.22 bits per heavy atom. The summed E-state index contributed by atoms with van der Waals surface area (Å²) in [5, 5.41) is 14.4. The van der Waals surface area contributed by atoms with E-state index in [-0.39, 0.29) is 5.91 Å². The van der Waals surface area contributed by atoms with Gasteiger partial charge in [-0.05, 0) is 52.9 Å². The van der Waals surface area contributed by atoms with Gasteiger partial charge in [-0.2, -0.15) is 4.68 Å². The number of nitrogens with one attached hydrogen (secondary N) is 1. The number of methoxy groups -OCH3 is 1. The van der Waals surface area contributed by atoms with Gasteiger partial charge in [0.05, 0.1) is 7.11 Å². The van der Waals surface area contributed by atoms with E-state index >= 15 is 0 Å². The molecule has 1 amide bonds. The topological polar surface area (TPSA) is 81.9 Å². The average molecular weight is 330 g/mol. The summed E-state index contributed by atoms with van der Waals surface area (Å²) in [5.74, 6) is 0.231. The molecule has 0 unspecified atom stereocenters. The highest BCUT2D eigenvalue weighted by molar-refractivity contribution is 6.30. The number of aromatic nitrogens is 4. The van der Waals surface area contributed by atoms with Gasteiger partial charge in [0.1, 0.15) is 17.8 Å². The highest BCUT2D eigenvalue weighted by atomic mass is 35.5. The Balaban J connectivity index is 1.85. The van der Waals surface area contributed by atoms with E-state index in [1.807, 2.05) is 0 Å². The van der Waals surface area contributed by atoms with Gasteiger partial charge in [0.25, 0.3) is 5.91 Å². The number of hydrogen-bond donors (Lipinski definition) is 1. The van der Waals surface area contributed by atoms with Crippen LogP contribution in [-0.4, -0.2) is 33.2 Å². The number of rotatable bonds is 4. The van der Waals surface area contributed by atoms with Crippen LogP contribution in [0.15, 0.2) is 48.8 Å². The molecule has 3 aromatic rings. The molecule has 7 nitrogen and oxygen atoms in total. The first-order chi connectivity index (χ1) is 11.2. The maximum Gasteiger partial charge on any atom is 0.255 e. The zero-order valence-corrected chi connectivity index (χ0v) is 12.9. The van der Waals surface area contributed by atoms with E-state index in [4.69, 9.17) is 16.3 Å². The Labute approximate surface area is 136 Å². The van der Waals surface area contributed by atoms with Gasteiger partial charge < -0.3 is 10.1 Å². The van der Waals surface area contributed by atoms with Crippen LogP contribution in [-0.2, 0) is 0 Å². The van der Waals surface area contributed by atoms with E-state index in [0.717, 1.165) is 0 Å². The van der Waals surface area contributed by atoms with Gasteiger partial charge in [-0.1, -0.05) is 11.6 Å². The van der Waals surface area contributed by atoms with Crippen LogP contribution >= 0.6 is 11.6 Å². The molecule has 1 aromatic heterocycles. The van der Waals surface area contributed by atoms with Crippen LogP contribution in [0.2, 0.25) is 5.02 Å². The van der Waals surface area contributed by atoms with Crippen molar-refractivity contribution in [3.8, 4) is 11.4 Å². The van der Waals surface area contributed by atoms with Crippen molar-refractivity contribution in [1.82, 2.24) is 20.2 Å². The van der Waals surface area contributed by atoms with Crippen LogP contribution in [0, 0.1) is 0 Å². The van der Waals surface area contributed by atoms with Crippen molar-refractivity contribution in [3.05, 3.63) is 59.4 Å². The number of amides is 1. The third-order valence-corrected chi connectivity index (χ3v) is 3.39. The number of anilines is 1. The Hall–Kier alpha value is -2.93. The second kappa shape index (κ2) is 6.45. The highest BCUT2D eigenvalue weighted by Crippen LogP contribution is 2.24. The molecule has 0 spiro atoms. The summed E-state index contributed by atoms with van der Waals surface area (Å²) in [6, 6.07) is 11.9. The van der Waals surface area contributed by atoms with E-state index in [9.17, 15) is 4.79 Å². The van der Waals surface area contributed by atoms with Crippen LogP contribution in [0.5, 0.6) is 5.75 Å². The predicted octanol–water partition coefficient (Wildman–Crippen LogP) is 2.58. The first kappa shape index (κ1) is 15.0. The molecule has 0 aliphatic heterocycles. The van der Waals surface area contributed by atoms with Crippen molar-refractivity contribution in [2.75, 3.05) is 12.4 Å². The average Bonchev–Trinajstić information content (AvgIpc) is 3.10. The fourth-order valence-corrected chi connectivity index (χ4v) is 2.14.